The molecule has 0 bridgehead atoms. The van der Waals surface area contributed by atoms with Crippen molar-refractivity contribution in [1.82, 2.24) is 0 Å². The minimum Gasteiger partial charge on any atom is -0.409 e. The molecule has 17 heavy (non-hydrogen) atoms. The summed E-state index contributed by atoms with van der Waals surface area (Å²) in [6.45, 7) is 3.06. The predicted octanol–water partition coefficient (Wildman–Crippen LogP) is 2.89. The molecule has 4 heteroatoms. The predicted molar refractivity (Wildman–Crippen MR) is 69.2 cm³/mol. The molecule has 0 heterocycles. The van der Waals surface area contributed by atoms with Crippen molar-refractivity contribution < 1.29 is 9.94 Å². The van der Waals surface area contributed by atoms with E-state index in [4.69, 9.17) is 15.7 Å². The Hall–Kier alpha value is -0.770. The second kappa shape index (κ2) is 8.34. The minimum atomic E-state index is 0.314. The van der Waals surface area contributed by atoms with Crippen LogP contribution in [0.25, 0.3) is 0 Å². The molecular weight excluding hydrogens is 216 g/mol. The van der Waals surface area contributed by atoms with E-state index in [0.29, 0.717) is 18.4 Å². The summed E-state index contributed by atoms with van der Waals surface area (Å²) in [4.78, 5) is 0. The molecule has 2 unspecified atom stereocenters. The van der Waals surface area contributed by atoms with Gasteiger partial charge in [-0.05, 0) is 31.6 Å². The van der Waals surface area contributed by atoms with Gasteiger partial charge in [0, 0.05) is 13.0 Å². The fraction of sp³-hybridized carbons (Fsp3) is 0.923. The monoisotopic (exact) mass is 242 g/mol. The average Bonchev–Trinajstić information content (AvgIpc) is 2.38. The van der Waals surface area contributed by atoms with E-state index < -0.39 is 0 Å². The summed E-state index contributed by atoms with van der Waals surface area (Å²) >= 11 is 0. The number of nitrogens with zero attached hydrogens (tertiary/aromatic N) is 1. The van der Waals surface area contributed by atoms with E-state index in [2.05, 4.69) is 12.1 Å². The van der Waals surface area contributed by atoms with Crippen LogP contribution in [0, 0.1) is 5.92 Å². The van der Waals surface area contributed by atoms with Crippen LogP contribution >= 0.6 is 0 Å². The molecule has 0 amide bonds. The smallest absolute Gasteiger partial charge is 0.139 e. The number of rotatable bonds is 7. The number of hydrogen-bond donors (Lipinski definition) is 2. The van der Waals surface area contributed by atoms with Gasteiger partial charge in [0.2, 0.25) is 0 Å². The van der Waals surface area contributed by atoms with Crippen molar-refractivity contribution in [1.29, 1.82) is 0 Å². The molecule has 3 N–H and O–H groups in total. The molecule has 1 aliphatic rings. The average molecular weight is 242 g/mol. The van der Waals surface area contributed by atoms with E-state index in [1.165, 1.54) is 32.1 Å². The first-order valence-corrected chi connectivity index (χ1v) is 6.86. The fourth-order valence-corrected chi connectivity index (χ4v) is 2.55. The van der Waals surface area contributed by atoms with Gasteiger partial charge in [0.15, 0.2) is 0 Å². The number of nitrogens with two attached hydrogens (primary N) is 1. The molecule has 0 aromatic heterocycles. The maximum absolute atomic E-state index is 8.39. The molecule has 1 saturated carbocycles. The van der Waals surface area contributed by atoms with Gasteiger partial charge >= 0.3 is 0 Å². The van der Waals surface area contributed by atoms with E-state index in [1.54, 1.807) is 0 Å². The molecule has 4 nitrogen and oxygen atoms in total. The van der Waals surface area contributed by atoms with Crippen molar-refractivity contribution >= 4 is 5.84 Å². The molecule has 100 valence electrons. The first kappa shape index (κ1) is 14.3. The van der Waals surface area contributed by atoms with Gasteiger partial charge < -0.3 is 15.7 Å². The summed E-state index contributed by atoms with van der Waals surface area (Å²) in [5.41, 5.74) is 5.40. The number of unbranched alkanes of at least 4 members (excludes halogenated alkanes) is 1. The van der Waals surface area contributed by atoms with E-state index in [1.807, 2.05) is 0 Å². The van der Waals surface area contributed by atoms with Gasteiger partial charge in [-0.15, -0.1) is 0 Å². The number of ether oxygens (including phenoxy) is 1. The summed E-state index contributed by atoms with van der Waals surface area (Å²) in [6.07, 6.45) is 9.49. The van der Waals surface area contributed by atoms with E-state index in [-0.39, 0.29) is 0 Å². The standard InChI is InChI=1S/C13H26N2O2/c1-2-11-7-3-4-8-12(11)17-10-6-5-9-13(14)15-16/h11-12,16H,2-10H2,1H3,(H2,14,15). The molecule has 0 aromatic carbocycles. The van der Waals surface area contributed by atoms with Crippen molar-refractivity contribution in [2.45, 2.75) is 64.4 Å². The Balaban J connectivity index is 2.08. The summed E-state index contributed by atoms with van der Waals surface area (Å²) in [5, 5.41) is 11.3. The molecule has 1 fully saturated rings. The Morgan fingerprint density at radius 1 is 1.35 bits per heavy atom. The Bertz CT molecular complexity index is 231. The normalized spacial score (nSPS) is 26.1. The molecule has 0 radical (unpaired) electrons. The van der Waals surface area contributed by atoms with E-state index in [9.17, 15) is 0 Å². The van der Waals surface area contributed by atoms with E-state index in [0.717, 1.165) is 25.4 Å². The second-order valence-corrected chi connectivity index (χ2v) is 4.91. The van der Waals surface area contributed by atoms with Crippen LogP contribution < -0.4 is 5.73 Å². The fourth-order valence-electron chi connectivity index (χ4n) is 2.55. The summed E-state index contributed by atoms with van der Waals surface area (Å²) in [5.74, 6) is 1.07. The van der Waals surface area contributed by atoms with Crippen LogP contribution in [0.1, 0.15) is 58.3 Å². The van der Waals surface area contributed by atoms with Gasteiger partial charge in [0.25, 0.3) is 0 Å². The van der Waals surface area contributed by atoms with Crippen LogP contribution in [0.2, 0.25) is 0 Å². The molecule has 0 spiro atoms. The summed E-state index contributed by atoms with van der Waals surface area (Å²) < 4.78 is 5.96. The third kappa shape index (κ3) is 5.39. The maximum Gasteiger partial charge on any atom is 0.139 e. The molecule has 1 rings (SSSR count). The number of amidine groups is 1. The highest BCUT2D eigenvalue weighted by Crippen LogP contribution is 2.29. The number of oxime groups is 1. The third-order valence-electron chi connectivity index (χ3n) is 3.65. The van der Waals surface area contributed by atoms with Crippen molar-refractivity contribution in [3.8, 4) is 0 Å². The van der Waals surface area contributed by atoms with Gasteiger partial charge in [-0.3, -0.25) is 0 Å². The van der Waals surface area contributed by atoms with Crippen LogP contribution in [0.4, 0.5) is 0 Å². The molecule has 0 saturated heterocycles. The van der Waals surface area contributed by atoms with Crippen LogP contribution in [-0.2, 0) is 4.74 Å². The lowest BCUT2D eigenvalue weighted by Crippen LogP contribution is -2.27. The zero-order valence-electron chi connectivity index (χ0n) is 10.9. The van der Waals surface area contributed by atoms with Crippen molar-refractivity contribution in [2.75, 3.05) is 6.61 Å². The summed E-state index contributed by atoms with van der Waals surface area (Å²) in [7, 11) is 0. The van der Waals surface area contributed by atoms with Crippen molar-refractivity contribution in [3.05, 3.63) is 0 Å². The molecular formula is C13H26N2O2. The SMILES string of the molecule is CCC1CCCCC1OCCCCC(N)=NO. The second-order valence-electron chi connectivity index (χ2n) is 4.91. The zero-order chi connectivity index (χ0) is 12.5. The quantitative estimate of drug-likeness (QED) is 0.237. The van der Waals surface area contributed by atoms with Gasteiger partial charge in [-0.1, -0.05) is 31.3 Å². The molecule has 2 atom stereocenters. The minimum absolute atomic E-state index is 0.314. The van der Waals surface area contributed by atoms with E-state index >= 15 is 0 Å². The Morgan fingerprint density at radius 2 is 2.12 bits per heavy atom. The van der Waals surface area contributed by atoms with Crippen LogP contribution in [0.5, 0.6) is 0 Å². The lowest BCUT2D eigenvalue weighted by atomic mass is 9.85. The van der Waals surface area contributed by atoms with Gasteiger partial charge in [-0.2, -0.15) is 0 Å². The highest BCUT2D eigenvalue weighted by molar-refractivity contribution is 5.79. The summed E-state index contributed by atoms with van der Waals surface area (Å²) in [6, 6.07) is 0. The molecule has 1 aliphatic carbocycles. The van der Waals surface area contributed by atoms with Crippen LogP contribution in [0.3, 0.4) is 0 Å². The Kier molecular flexibility index (Phi) is 7.01. The Morgan fingerprint density at radius 3 is 2.82 bits per heavy atom. The van der Waals surface area contributed by atoms with Crippen LogP contribution in [-0.4, -0.2) is 23.8 Å². The van der Waals surface area contributed by atoms with Crippen LogP contribution in [0.15, 0.2) is 5.16 Å². The topological polar surface area (TPSA) is 67.8 Å². The first-order valence-electron chi connectivity index (χ1n) is 6.86. The highest BCUT2D eigenvalue weighted by Gasteiger charge is 2.23. The maximum atomic E-state index is 8.39. The van der Waals surface area contributed by atoms with Crippen molar-refractivity contribution in [2.24, 2.45) is 16.8 Å². The van der Waals surface area contributed by atoms with Gasteiger partial charge in [-0.25, -0.2) is 0 Å². The lowest BCUT2D eigenvalue weighted by Gasteiger charge is -2.30. The van der Waals surface area contributed by atoms with Crippen molar-refractivity contribution in [3.63, 3.8) is 0 Å². The third-order valence-corrected chi connectivity index (χ3v) is 3.65. The number of hydrogen-bond acceptors (Lipinski definition) is 3. The van der Waals surface area contributed by atoms with Gasteiger partial charge in [0.05, 0.1) is 6.10 Å². The first-order chi connectivity index (χ1) is 8.27. The largest absolute Gasteiger partial charge is 0.409 e. The molecule has 0 aliphatic heterocycles. The lowest BCUT2D eigenvalue weighted by molar-refractivity contribution is -0.0132. The Labute approximate surface area is 104 Å². The van der Waals surface area contributed by atoms with Gasteiger partial charge in [0.1, 0.15) is 5.84 Å². The zero-order valence-corrected chi connectivity index (χ0v) is 10.9. The highest BCUT2D eigenvalue weighted by atomic mass is 16.5. The molecule has 0 aromatic rings.